The lowest BCUT2D eigenvalue weighted by molar-refractivity contribution is 0.415. The van der Waals surface area contributed by atoms with E-state index in [1.165, 1.54) is 0 Å². The zero-order valence-corrected chi connectivity index (χ0v) is 10.4. The number of benzene rings is 1. The molecule has 2 aromatic rings. The van der Waals surface area contributed by atoms with Crippen LogP contribution in [0.5, 0.6) is 5.75 Å². The van der Waals surface area contributed by atoms with Gasteiger partial charge < -0.3 is 4.74 Å². The topological polar surface area (TPSA) is 60.8 Å². The maximum absolute atomic E-state index is 5.14. The average Bonchev–Trinajstić information content (AvgIpc) is 2.31. The number of methoxy groups -OCH3 is 1. The summed E-state index contributed by atoms with van der Waals surface area (Å²) < 4.78 is 6.01. The Kier molecular flexibility index (Phi) is 3.09. The molecular formula is C10H9BrN4O. The Bertz CT molecular complexity index is 501. The molecule has 1 heterocycles. The predicted molar refractivity (Wildman–Crippen MR) is 62.0 cm³/mol. The Morgan fingerprint density at radius 2 is 1.81 bits per heavy atom. The molecule has 0 bridgehead atoms. The van der Waals surface area contributed by atoms with E-state index in [4.69, 9.17) is 4.74 Å². The van der Waals surface area contributed by atoms with Gasteiger partial charge in [0.1, 0.15) is 5.75 Å². The van der Waals surface area contributed by atoms with Gasteiger partial charge >= 0.3 is 0 Å². The molecule has 0 amide bonds. The van der Waals surface area contributed by atoms with Gasteiger partial charge in [0.25, 0.3) is 0 Å². The molecule has 6 heteroatoms. The summed E-state index contributed by atoms with van der Waals surface area (Å²) >= 11 is 3.42. The van der Waals surface area contributed by atoms with E-state index in [0.717, 1.165) is 15.8 Å². The lowest BCUT2D eigenvalue weighted by Gasteiger charge is -2.04. The second kappa shape index (κ2) is 4.52. The standard InChI is InChI=1S/C10H9BrN4O/c1-6-12-14-10(15-13-6)8-5-7(16-2)3-4-9(8)11/h3-5H,1-2H3. The van der Waals surface area contributed by atoms with Crippen molar-refractivity contribution < 1.29 is 4.74 Å². The Balaban J connectivity index is 2.50. The molecule has 1 aromatic heterocycles. The van der Waals surface area contributed by atoms with Gasteiger partial charge in [-0.05, 0) is 25.1 Å². The zero-order valence-electron chi connectivity index (χ0n) is 8.81. The van der Waals surface area contributed by atoms with Crippen LogP contribution in [0.4, 0.5) is 0 Å². The largest absolute Gasteiger partial charge is 0.497 e. The van der Waals surface area contributed by atoms with Crippen LogP contribution in [0.2, 0.25) is 0 Å². The molecule has 0 unspecified atom stereocenters. The van der Waals surface area contributed by atoms with Gasteiger partial charge in [0, 0.05) is 10.0 Å². The molecule has 0 N–H and O–H groups in total. The minimum absolute atomic E-state index is 0.469. The van der Waals surface area contributed by atoms with Crippen molar-refractivity contribution in [1.29, 1.82) is 0 Å². The zero-order chi connectivity index (χ0) is 11.5. The molecule has 16 heavy (non-hydrogen) atoms. The molecular weight excluding hydrogens is 272 g/mol. The number of aromatic nitrogens is 4. The highest BCUT2D eigenvalue weighted by Gasteiger charge is 2.08. The number of hydrogen-bond donors (Lipinski definition) is 0. The van der Waals surface area contributed by atoms with Crippen LogP contribution in [-0.2, 0) is 0 Å². The molecule has 2 rings (SSSR count). The SMILES string of the molecule is COc1ccc(Br)c(-c2nnc(C)nn2)c1. The normalized spacial score (nSPS) is 10.2. The maximum atomic E-state index is 5.14. The predicted octanol–water partition coefficient (Wildman–Crippen LogP) is 2.01. The highest BCUT2D eigenvalue weighted by Crippen LogP contribution is 2.28. The van der Waals surface area contributed by atoms with E-state index in [2.05, 4.69) is 36.3 Å². The molecule has 0 spiro atoms. The lowest BCUT2D eigenvalue weighted by Crippen LogP contribution is -1.99. The van der Waals surface area contributed by atoms with Gasteiger partial charge in [0.05, 0.1) is 7.11 Å². The molecule has 0 aliphatic rings. The van der Waals surface area contributed by atoms with Crippen LogP contribution in [0, 0.1) is 6.92 Å². The third-order valence-corrected chi connectivity index (χ3v) is 2.68. The van der Waals surface area contributed by atoms with Crippen LogP contribution < -0.4 is 4.74 Å². The first-order chi connectivity index (χ1) is 7.70. The molecule has 0 fully saturated rings. The van der Waals surface area contributed by atoms with Gasteiger partial charge in [-0.1, -0.05) is 15.9 Å². The summed E-state index contributed by atoms with van der Waals surface area (Å²) in [6.07, 6.45) is 0. The summed E-state index contributed by atoms with van der Waals surface area (Å²) in [5, 5.41) is 15.7. The maximum Gasteiger partial charge on any atom is 0.204 e. The molecule has 0 saturated heterocycles. The number of nitrogens with zero attached hydrogens (tertiary/aromatic N) is 4. The van der Waals surface area contributed by atoms with Crippen molar-refractivity contribution in [3.63, 3.8) is 0 Å². The average molecular weight is 281 g/mol. The number of ether oxygens (including phenoxy) is 1. The van der Waals surface area contributed by atoms with Gasteiger partial charge in [-0.25, -0.2) is 0 Å². The van der Waals surface area contributed by atoms with Crippen molar-refractivity contribution in [2.75, 3.05) is 7.11 Å². The van der Waals surface area contributed by atoms with Crippen molar-refractivity contribution in [3.8, 4) is 17.1 Å². The Hall–Kier alpha value is -1.56. The Labute approximate surface area is 101 Å². The fourth-order valence-electron chi connectivity index (χ4n) is 1.19. The number of hydrogen-bond acceptors (Lipinski definition) is 5. The monoisotopic (exact) mass is 280 g/mol. The van der Waals surface area contributed by atoms with Crippen molar-refractivity contribution in [3.05, 3.63) is 28.5 Å². The first-order valence-electron chi connectivity index (χ1n) is 4.58. The first-order valence-corrected chi connectivity index (χ1v) is 5.38. The van der Waals surface area contributed by atoms with Crippen LogP contribution in [0.15, 0.2) is 22.7 Å². The van der Waals surface area contributed by atoms with Gasteiger partial charge in [-0.3, -0.25) is 0 Å². The summed E-state index contributed by atoms with van der Waals surface area (Å²) in [7, 11) is 1.61. The minimum atomic E-state index is 0.469. The van der Waals surface area contributed by atoms with Crippen LogP contribution in [0.3, 0.4) is 0 Å². The minimum Gasteiger partial charge on any atom is -0.497 e. The van der Waals surface area contributed by atoms with Gasteiger partial charge in [0.15, 0.2) is 5.82 Å². The lowest BCUT2D eigenvalue weighted by atomic mass is 10.2. The molecule has 82 valence electrons. The quantitative estimate of drug-likeness (QED) is 0.842. The fraction of sp³-hybridized carbons (Fsp3) is 0.200. The van der Waals surface area contributed by atoms with Crippen LogP contribution in [0.1, 0.15) is 5.82 Å². The van der Waals surface area contributed by atoms with Crippen molar-refractivity contribution in [2.24, 2.45) is 0 Å². The van der Waals surface area contributed by atoms with E-state index in [9.17, 15) is 0 Å². The molecule has 5 nitrogen and oxygen atoms in total. The van der Waals surface area contributed by atoms with E-state index in [-0.39, 0.29) is 0 Å². The number of aryl methyl sites for hydroxylation is 1. The highest BCUT2D eigenvalue weighted by atomic mass is 79.9. The van der Waals surface area contributed by atoms with Crippen molar-refractivity contribution in [1.82, 2.24) is 20.4 Å². The highest BCUT2D eigenvalue weighted by molar-refractivity contribution is 9.10. The molecule has 0 aliphatic heterocycles. The summed E-state index contributed by atoms with van der Waals surface area (Å²) in [6, 6.07) is 5.55. The molecule has 1 aromatic carbocycles. The van der Waals surface area contributed by atoms with E-state index >= 15 is 0 Å². The van der Waals surface area contributed by atoms with Gasteiger partial charge in [-0.2, -0.15) is 0 Å². The second-order valence-electron chi connectivity index (χ2n) is 3.12. The van der Waals surface area contributed by atoms with Gasteiger partial charge in [0.2, 0.25) is 5.82 Å². The molecule has 0 saturated carbocycles. The number of halogens is 1. The van der Waals surface area contributed by atoms with Crippen molar-refractivity contribution >= 4 is 15.9 Å². The summed E-state index contributed by atoms with van der Waals surface area (Å²) in [5.74, 6) is 1.75. The molecule has 0 radical (unpaired) electrons. The second-order valence-corrected chi connectivity index (χ2v) is 3.97. The van der Waals surface area contributed by atoms with Crippen LogP contribution >= 0.6 is 15.9 Å². The summed E-state index contributed by atoms with van der Waals surface area (Å²) in [5.41, 5.74) is 0.805. The van der Waals surface area contributed by atoms with Gasteiger partial charge in [-0.15, -0.1) is 20.4 Å². The van der Waals surface area contributed by atoms with Crippen LogP contribution in [0.25, 0.3) is 11.4 Å². The van der Waals surface area contributed by atoms with E-state index in [1.807, 2.05) is 18.2 Å². The number of rotatable bonds is 2. The van der Waals surface area contributed by atoms with E-state index < -0.39 is 0 Å². The third-order valence-electron chi connectivity index (χ3n) is 1.99. The van der Waals surface area contributed by atoms with E-state index in [1.54, 1.807) is 14.0 Å². The Morgan fingerprint density at radius 1 is 1.12 bits per heavy atom. The fourth-order valence-corrected chi connectivity index (χ4v) is 1.61. The molecule has 0 atom stereocenters. The van der Waals surface area contributed by atoms with Crippen LogP contribution in [-0.4, -0.2) is 27.5 Å². The Morgan fingerprint density at radius 3 is 2.44 bits per heavy atom. The molecule has 0 aliphatic carbocycles. The third kappa shape index (κ3) is 2.16. The smallest absolute Gasteiger partial charge is 0.204 e. The summed E-state index contributed by atoms with van der Waals surface area (Å²) in [4.78, 5) is 0. The van der Waals surface area contributed by atoms with Crippen molar-refractivity contribution in [2.45, 2.75) is 6.92 Å². The van der Waals surface area contributed by atoms with E-state index in [0.29, 0.717) is 11.6 Å². The summed E-state index contributed by atoms with van der Waals surface area (Å²) in [6.45, 7) is 1.74. The first kappa shape index (κ1) is 10.9.